The van der Waals surface area contributed by atoms with E-state index in [-0.39, 0.29) is 5.56 Å². The average Bonchev–Trinajstić information content (AvgIpc) is 3.38. The second-order valence-corrected chi connectivity index (χ2v) is 8.65. The van der Waals surface area contributed by atoms with Crippen LogP contribution in [-0.2, 0) is 25.8 Å². The van der Waals surface area contributed by atoms with Gasteiger partial charge in [0.1, 0.15) is 4.83 Å². The molecule has 0 fully saturated rings. The molecule has 7 heteroatoms. The van der Waals surface area contributed by atoms with Crippen molar-refractivity contribution in [3.8, 4) is 0 Å². The average molecular weight is 406 g/mol. The summed E-state index contributed by atoms with van der Waals surface area (Å²) in [4.78, 5) is 27.2. The minimum absolute atomic E-state index is 0.0852. The van der Waals surface area contributed by atoms with Crippen LogP contribution in [0, 0.1) is 0 Å². The minimum Gasteiger partial charge on any atom is -0.348 e. The molecule has 2 N–H and O–H groups in total. The molecule has 0 saturated carbocycles. The molecule has 1 aliphatic rings. The molecule has 148 valence electrons. The Morgan fingerprint density at radius 1 is 1.28 bits per heavy atom. The monoisotopic (exact) mass is 405 g/mol. The number of thiophene rings is 1. The predicted octanol–water partition coefficient (Wildman–Crippen LogP) is 2.92. The van der Waals surface area contributed by atoms with Gasteiger partial charge in [0, 0.05) is 35.8 Å². The zero-order chi connectivity index (χ0) is 19.6. The number of aryl methyl sites for hydroxylation is 1. The van der Waals surface area contributed by atoms with E-state index in [1.165, 1.54) is 10.4 Å². The van der Waals surface area contributed by atoms with E-state index in [0.29, 0.717) is 12.6 Å². The molecule has 1 aromatic carbocycles. The van der Waals surface area contributed by atoms with Gasteiger partial charge in [-0.25, -0.2) is 9.97 Å². The zero-order valence-corrected chi connectivity index (χ0v) is 16.9. The van der Waals surface area contributed by atoms with E-state index in [1.54, 1.807) is 28.6 Å². The smallest absolute Gasteiger partial charge is 0.262 e. The molecule has 4 aromatic rings. The fraction of sp³-hybridized carbons (Fsp3) is 0.318. The first kappa shape index (κ1) is 18.3. The summed E-state index contributed by atoms with van der Waals surface area (Å²) in [5.41, 5.74) is 3.57. The molecule has 0 bridgehead atoms. The molecule has 0 saturated heterocycles. The highest BCUT2D eigenvalue weighted by Crippen LogP contribution is 2.33. The summed E-state index contributed by atoms with van der Waals surface area (Å²) in [5, 5.41) is 4.49. The molecule has 5 rings (SSSR count). The van der Waals surface area contributed by atoms with Gasteiger partial charge in [-0.05, 0) is 30.4 Å². The summed E-state index contributed by atoms with van der Waals surface area (Å²) in [7, 11) is 0. The van der Waals surface area contributed by atoms with Crippen LogP contribution in [0.1, 0.15) is 28.1 Å². The first-order chi connectivity index (χ1) is 14.3. The maximum atomic E-state index is 13.2. The van der Waals surface area contributed by atoms with Crippen molar-refractivity contribution in [2.24, 2.45) is 0 Å². The fourth-order valence-electron chi connectivity index (χ4n) is 4.10. The Labute approximate surface area is 172 Å². The number of benzene rings is 1. The van der Waals surface area contributed by atoms with Gasteiger partial charge in [0.25, 0.3) is 5.56 Å². The Bertz CT molecular complexity index is 1160. The predicted molar refractivity (Wildman–Crippen MR) is 116 cm³/mol. The van der Waals surface area contributed by atoms with Crippen LogP contribution in [0.4, 0.5) is 0 Å². The fourth-order valence-corrected chi connectivity index (χ4v) is 5.36. The summed E-state index contributed by atoms with van der Waals surface area (Å²) in [6, 6.07) is 10.5. The molecule has 0 aliphatic heterocycles. The molecule has 1 unspecified atom stereocenters. The van der Waals surface area contributed by atoms with Crippen molar-refractivity contribution in [3.05, 3.63) is 81.2 Å². The van der Waals surface area contributed by atoms with Crippen molar-refractivity contribution in [1.82, 2.24) is 24.8 Å². The number of aromatic nitrogens is 4. The molecular formula is C22H23N5OS. The Hall–Kier alpha value is -2.77. The van der Waals surface area contributed by atoms with E-state index >= 15 is 0 Å². The molecule has 6 nitrogen and oxygen atoms in total. The molecule has 1 atom stereocenters. The first-order valence-electron chi connectivity index (χ1n) is 10.0. The Balaban J connectivity index is 1.34. The summed E-state index contributed by atoms with van der Waals surface area (Å²) < 4.78 is 1.74. The topological polar surface area (TPSA) is 75.6 Å². The van der Waals surface area contributed by atoms with Crippen LogP contribution >= 0.6 is 11.3 Å². The Kier molecular flexibility index (Phi) is 4.99. The normalized spacial score (nSPS) is 16.2. The number of H-pyrrole nitrogens is 1. The minimum atomic E-state index is 0.0852. The van der Waals surface area contributed by atoms with Gasteiger partial charge in [0.15, 0.2) is 0 Å². The van der Waals surface area contributed by atoms with Crippen LogP contribution in [0.15, 0.2) is 54.0 Å². The molecule has 29 heavy (non-hydrogen) atoms. The molecule has 3 heterocycles. The standard InChI is InChI=1S/C22H23N5OS/c28-22-20-18-7-6-16(24-9-8-17-11-23-13-25-17)10-19(18)29-21(20)26-14-27(22)12-15-4-2-1-3-5-15/h1-5,11,13-14,16,24H,6-10,12H2,(H,23,25). The molecular weight excluding hydrogens is 382 g/mol. The van der Waals surface area contributed by atoms with Gasteiger partial charge >= 0.3 is 0 Å². The van der Waals surface area contributed by atoms with Gasteiger partial charge in [-0.2, -0.15) is 0 Å². The second kappa shape index (κ2) is 7.93. The SMILES string of the molecule is O=c1c2c3c(sc2ncn1Cc1ccccc1)CC(NCCc1cnc[nH]1)CC3. The number of hydrogen-bond donors (Lipinski definition) is 2. The molecule has 0 amide bonds. The third-order valence-electron chi connectivity index (χ3n) is 5.61. The van der Waals surface area contributed by atoms with Gasteiger partial charge in [-0.15, -0.1) is 11.3 Å². The van der Waals surface area contributed by atoms with Gasteiger partial charge in [-0.1, -0.05) is 30.3 Å². The maximum absolute atomic E-state index is 13.2. The third-order valence-corrected chi connectivity index (χ3v) is 6.78. The Morgan fingerprint density at radius 2 is 2.17 bits per heavy atom. The van der Waals surface area contributed by atoms with E-state index in [9.17, 15) is 4.79 Å². The number of hydrogen-bond acceptors (Lipinski definition) is 5. The van der Waals surface area contributed by atoms with Crippen molar-refractivity contribution < 1.29 is 0 Å². The van der Waals surface area contributed by atoms with Crippen molar-refractivity contribution in [3.63, 3.8) is 0 Å². The van der Waals surface area contributed by atoms with E-state index in [2.05, 4.69) is 20.3 Å². The van der Waals surface area contributed by atoms with Crippen molar-refractivity contribution >= 4 is 21.6 Å². The second-order valence-electron chi connectivity index (χ2n) is 7.57. The van der Waals surface area contributed by atoms with Gasteiger partial charge in [0.2, 0.25) is 0 Å². The van der Waals surface area contributed by atoms with Gasteiger partial charge in [-0.3, -0.25) is 9.36 Å². The Morgan fingerprint density at radius 3 is 3.00 bits per heavy atom. The van der Waals surface area contributed by atoms with Crippen molar-refractivity contribution in [2.45, 2.75) is 38.3 Å². The summed E-state index contributed by atoms with van der Waals surface area (Å²) in [6.45, 7) is 1.49. The van der Waals surface area contributed by atoms with Crippen LogP contribution in [0.5, 0.6) is 0 Å². The summed E-state index contributed by atoms with van der Waals surface area (Å²) in [5.74, 6) is 0. The highest BCUT2D eigenvalue weighted by atomic mass is 32.1. The summed E-state index contributed by atoms with van der Waals surface area (Å²) >= 11 is 1.68. The zero-order valence-electron chi connectivity index (χ0n) is 16.1. The van der Waals surface area contributed by atoms with Crippen LogP contribution in [-0.4, -0.2) is 32.1 Å². The van der Waals surface area contributed by atoms with E-state index in [0.717, 1.165) is 53.7 Å². The van der Waals surface area contributed by atoms with E-state index in [1.807, 2.05) is 36.5 Å². The van der Waals surface area contributed by atoms with E-state index in [4.69, 9.17) is 0 Å². The molecule has 1 aliphatic carbocycles. The summed E-state index contributed by atoms with van der Waals surface area (Å²) in [6.07, 6.45) is 9.19. The maximum Gasteiger partial charge on any atom is 0.262 e. The molecule has 0 radical (unpaired) electrons. The highest BCUT2D eigenvalue weighted by molar-refractivity contribution is 7.18. The number of rotatable bonds is 6. The van der Waals surface area contributed by atoms with Crippen molar-refractivity contribution in [2.75, 3.05) is 6.54 Å². The van der Waals surface area contributed by atoms with Crippen molar-refractivity contribution in [1.29, 1.82) is 0 Å². The third kappa shape index (κ3) is 3.75. The van der Waals surface area contributed by atoms with Crippen LogP contribution < -0.4 is 10.9 Å². The lowest BCUT2D eigenvalue weighted by molar-refractivity contribution is 0.466. The molecule has 0 spiro atoms. The highest BCUT2D eigenvalue weighted by Gasteiger charge is 2.25. The lowest BCUT2D eigenvalue weighted by Gasteiger charge is -2.23. The number of nitrogens with one attached hydrogen (secondary N) is 2. The van der Waals surface area contributed by atoms with E-state index < -0.39 is 0 Å². The number of aromatic amines is 1. The number of fused-ring (bicyclic) bond motifs is 3. The lowest BCUT2D eigenvalue weighted by Crippen LogP contribution is -2.35. The van der Waals surface area contributed by atoms with Crippen LogP contribution in [0.2, 0.25) is 0 Å². The van der Waals surface area contributed by atoms with Gasteiger partial charge < -0.3 is 10.3 Å². The van der Waals surface area contributed by atoms with Crippen LogP contribution in [0.3, 0.4) is 0 Å². The first-order valence-corrected chi connectivity index (χ1v) is 10.8. The quantitative estimate of drug-likeness (QED) is 0.517. The number of nitrogens with zero attached hydrogens (tertiary/aromatic N) is 3. The van der Waals surface area contributed by atoms with Crippen LogP contribution in [0.25, 0.3) is 10.2 Å². The number of imidazole rings is 1. The lowest BCUT2D eigenvalue weighted by atomic mass is 9.93. The molecule has 3 aromatic heterocycles. The van der Waals surface area contributed by atoms with Gasteiger partial charge in [0.05, 0.1) is 24.6 Å². The largest absolute Gasteiger partial charge is 0.348 e.